The molecule has 0 saturated heterocycles. The van der Waals surface area contributed by atoms with Crippen molar-refractivity contribution in [2.24, 2.45) is 0 Å². The fourth-order valence-corrected chi connectivity index (χ4v) is 5.21. The molecule has 0 heterocycles. The molecule has 2 rings (SSSR count). The fraction of sp³-hybridized carbons (Fsp3) is 0.111. The summed E-state index contributed by atoms with van der Waals surface area (Å²) in [7, 11) is -3.93. The third-order valence-electron chi connectivity index (χ3n) is 3.20. The minimum atomic E-state index is -4.83. The average molecular weight is 368 g/mol. The highest BCUT2D eigenvalue weighted by Crippen LogP contribution is 2.16. The van der Waals surface area contributed by atoms with E-state index in [2.05, 4.69) is 11.1 Å². The first-order chi connectivity index (χ1) is 11.6. The van der Waals surface area contributed by atoms with Crippen molar-refractivity contribution in [1.29, 1.82) is 0 Å². The van der Waals surface area contributed by atoms with Crippen LogP contribution < -0.4 is 10.4 Å². The van der Waals surface area contributed by atoms with Gasteiger partial charge in [0.05, 0.1) is 0 Å². The summed E-state index contributed by atoms with van der Waals surface area (Å²) in [5.74, 6) is 2.28. The second-order valence-corrected chi connectivity index (χ2v) is 8.13. The molecule has 0 bridgehead atoms. The van der Waals surface area contributed by atoms with Crippen LogP contribution in [-0.2, 0) is 0 Å². The van der Waals surface area contributed by atoms with Gasteiger partial charge in [0.25, 0.3) is 8.07 Å². The molecule has 0 aliphatic carbocycles. The number of halogens is 6. The van der Waals surface area contributed by atoms with Crippen molar-refractivity contribution in [2.75, 3.05) is 0 Å². The molecule has 0 aliphatic rings. The smallest absolute Gasteiger partial charge is 0.159 e. The summed E-state index contributed by atoms with van der Waals surface area (Å²) in [6.45, 7) is 0. The van der Waals surface area contributed by atoms with Gasteiger partial charge in [-0.1, -0.05) is 71.8 Å². The van der Waals surface area contributed by atoms with Crippen LogP contribution in [0.2, 0.25) is 0 Å². The van der Waals surface area contributed by atoms with Gasteiger partial charge in [-0.3, -0.25) is 0 Å². The Morgan fingerprint density at radius 2 is 0.880 bits per heavy atom. The molecule has 0 atom stereocenters. The summed E-state index contributed by atoms with van der Waals surface area (Å²) in [6, 6.07) is 15.2. The van der Waals surface area contributed by atoms with E-state index in [9.17, 15) is 26.3 Å². The molecule has 25 heavy (non-hydrogen) atoms. The van der Waals surface area contributed by atoms with Crippen LogP contribution in [0.1, 0.15) is 0 Å². The van der Waals surface area contributed by atoms with E-state index in [0.29, 0.717) is 0 Å². The van der Waals surface area contributed by atoms with Gasteiger partial charge in [0.2, 0.25) is 0 Å². The van der Waals surface area contributed by atoms with Gasteiger partial charge in [-0.2, -0.15) is 26.3 Å². The molecule has 0 amide bonds. The molecular formula is C18H10F6Si. The summed E-state index contributed by atoms with van der Waals surface area (Å²) >= 11 is 0. The zero-order valence-corrected chi connectivity index (χ0v) is 13.5. The third-order valence-corrected chi connectivity index (χ3v) is 6.60. The van der Waals surface area contributed by atoms with Crippen LogP contribution in [0, 0.1) is 22.9 Å². The van der Waals surface area contributed by atoms with Crippen LogP contribution in [0.3, 0.4) is 0 Å². The summed E-state index contributed by atoms with van der Waals surface area (Å²) < 4.78 is 76.0. The number of alkyl halides is 6. The Hall–Kier alpha value is -2.64. The Morgan fingerprint density at radius 1 is 0.560 bits per heavy atom. The predicted molar refractivity (Wildman–Crippen MR) is 85.6 cm³/mol. The monoisotopic (exact) mass is 368 g/mol. The molecular weight excluding hydrogens is 358 g/mol. The summed E-state index contributed by atoms with van der Waals surface area (Å²) in [6.07, 6.45) is -9.66. The maximum atomic E-state index is 12.7. The SMILES string of the molecule is FC(F)(F)C#C[Si](C#CC(F)(F)F)(c1ccccc1)c1ccccc1. The van der Waals surface area contributed by atoms with Crippen molar-refractivity contribution in [3.63, 3.8) is 0 Å². The summed E-state index contributed by atoms with van der Waals surface area (Å²) in [5, 5.41) is 0.518. The first-order valence-electron chi connectivity index (χ1n) is 6.96. The van der Waals surface area contributed by atoms with Crippen molar-refractivity contribution in [2.45, 2.75) is 12.4 Å². The molecule has 2 aromatic carbocycles. The van der Waals surface area contributed by atoms with Crippen LogP contribution in [0.5, 0.6) is 0 Å². The molecule has 0 aromatic heterocycles. The molecule has 0 unspecified atom stereocenters. The van der Waals surface area contributed by atoms with E-state index in [-0.39, 0.29) is 10.4 Å². The van der Waals surface area contributed by atoms with Gasteiger partial charge in [0.1, 0.15) is 0 Å². The molecule has 0 nitrogen and oxygen atoms in total. The van der Waals surface area contributed by atoms with E-state index in [4.69, 9.17) is 0 Å². The molecule has 0 fully saturated rings. The van der Waals surface area contributed by atoms with Gasteiger partial charge in [-0.05, 0) is 10.4 Å². The van der Waals surface area contributed by atoms with Crippen LogP contribution in [0.15, 0.2) is 60.7 Å². The lowest BCUT2D eigenvalue weighted by Gasteiger charge is -2.21. The fourth-order valence-electron chi connectivity index (χ4n) is 2.19. The Labute approximate surface area is 141 Å². The highest BCUT2D eigenvalue weighted by molar-refractivity contribution is 7.13. The Bertz CT molecular complexity index is 757. The van der Waals surface area contributed by atoms with E-state index in [1.54, 1.807) is 12.1 Å². The number of hydrogen-bond donors (Lipinski definition) is 0. The number of rotatable bonds is 2. The maximum absolute atomic E-state index is 12.7. The van der Waals surface area contributed by atoms with E-state index < -0.39 is 20.4 Å². The first-order valence-corrected chi connectivity index (χ1v) is 8.96. The van der Waals surface area contributed by atoms with E-state index in [1.165, 1.54) is 48.5 Å². The lowest BCUT2D eigenvalue weighted by atomic mass is 10.4. The van der Waals surface area contributed by atoms with Gasteiger partial charge < -0.3 is 0 Å². The second-order valence-electron chi connectivity index (χ2n) is 4.98. The lowest BCUT2D eigenvalue weighted by Crippen LogP contribution is -2.57. The van der Waals surface area contributed by atoms with E-state index in [0.717, 1.165) is 11.8 Å². The molecule has 0 N–H and O–H groups in total. The topological polar surface area (TPSA) is 0 Å². The van der Waals surface area contributed by atoms with Crippen molar-refractivity contribution < 1.29 is 26.3 Å². The first kappa shape index (κ1) is 18.7. The van der Waals surface area contributed by atoms with Gasteiger partial charge in [-0.25, -0.2) is 0 Å². The molecule has 7 heteroatoms. The number of hydrogen-bond acceptors (Lipinski definition) is 0. The number of benzene rings is 2. The Balaban J connectivity index is 2.82. The minimum Gasteiger partial charge on any atom is -0.159 e. The Kier molecular flexibility index (Phi) is 5.29. The van der Waals surface area contributed by atoms with E-state index >= 15 is 0 Å². The molecule has 0 saturated carbocycles. The second kappa shape index (κ2) is 7.08. The maximum Gasteiger partial charge on any atom is 0.457 e. The van der Waals surface area contributed by atoms with Gasteiger partial charge in [0, 0.05) is 11.8 Å². The standard InChI is InChI=1S/C18H10F6Si/c19-17(20,21)11-13-25(14-12-18(22,23)24,15-7-3-1-4-8-15)16-9-5-2-6-10-16/h1-10H. The summed E-state index contributed by atoms with van der Waals surface area (Å²) in [4.78, 5) is 0. The zero-order chi connectivity index (χ0) is 18.6. The normalized spacial score (nSPS) is 11.8. The van der Waals surface area contributed by atoms with Crippen LogP contribution >= 0.6 is 0 Å². The third kappa shape index (κ3) is 5.17. The van der Waals surface area contributed by atoms with Gasteiger partial charge in [-0.15, -0.1) is 0 Å². The lowest BCUT2D eigenvalue weighted by molar-refractivity contribution is -0.0704. The highest BCUT2D eigenvalue weighted by atomic mass is 28.3. The van der Waals surface area contributed by atoms with Crippen LogP contribution in [-0.4, -0.2) is 20.4 Å². The molecule has 2 aromatic rings. The molecule has 0 aliphatic heterocycles. The van der Waals surface area contributed by atoms with E-state index in [1.807, 2.05) is 0 Å². The Morgan fingerprint density at radius 3 is 1.16 bits per heavy atom. The van der Waals surface area contributed by atoms with Gasteiger partial charge in [0.15, 0.2) is 0 Å². The zero-order valence-electron chi connectivity index (χ0n) is 12.5. The average Bonchev–Trinajstić information content (AvgIpc) is 2.55. The summed E-state index contributed by atoms with van der Waals surface area (Å²) in [5.41, 5.74) is 4.14. The quantitative estimate of drug-likeness (QED) is 0.433. The molecule has 128 valence electrons. The minimum absolute atomic E-state index is 0.259. The molecule has 0 spiro atoms. The predicted octanol–water partition coefficient (Wildman–Crippen LogP) is 3.46. The van der Waals surface area contributed by atoms with Crippen molar-refractivity contribution in [3.8, 4) is 22.9 Å². The van der Waals surface area contributed by atoms with Crippen molar-refractivity contribution in [3.05, 3.63) is 60.7 Å². The largest absolute Gasteiger partial charge is 0.457 e. The molecule has 0 radical (unpaired) electrons. The van der Waals surface area contributed by atoms with Crippen LogP contribution in [0.4, 0.5) is 26.3 Å². The van der Waals surface area contributed by atoms with Crippen LogP contribution in [0.25, 0.3) is 0 Å². The van der Waals surface area contributed by atoms with Crippen molar-refractivity contribution in [1.82, 2.24) is 0 Å². The van der Waals surface area contributed by atoms with Gasteiger partial charge >= 0.3 is 12.4 Å². The highest BCUT2D eigenvalue weighted by Gasteiger charge is 2.38. The van der Waals surface area contributed by atoms with Crippen molar-refractivity contribution >= 4 is 18.4 Å².